The average Bonchev–Trinajstić information content (AvgIpc) is 3.34. The maximum atomic E-state index is 12.4. The van der Waals surface area contributed by atoms with Crippen molar-refractivity contribution in [2.45, 2.75) is 36.3 Å². The summed E-state index contributed by atoms with van der Waals surface area (Å²) in [7, 11) is 0. The van der Waals surface area contributed by atoms with E-state index in [2.05, 4.69) is 59.7 Å². The molecule has 1 heterocycles. The van der Waals surface area contributed by atoms with Crippen LogP contribution in [0.15, 0.2) is 52.9 Å². The SMILES string of the molecule is Cc1cc(C)cc(CSc2nnc(NC(=O)C3C[C@H]3c3ccccc3)s2)c1. The molecule has 2 aromatic carbocycles. The summed E-state index contributed by atoms with van der Waals surface area (Å²) >= 11 is 3.09. The van der Waals surface area contributed by atoms with Gasteiger partial charge in [0.1, 0.15) is 0 Å². The fourth-order valence-corrected chi connectivity index (χ4v) is 5.05. The molecule has 27 heavy (non-hydrogen) atoms. The Hall–Kier alpha value is -2.18. The first-order valence-corrected chi connectivity index (χ1v) is 10.8. The van der Waals surface area contributed by atoms with E-state index in [1.54, 1.807) is 11.8 Å². The van der Waals surface area contributed by atoms with Crippen LogP contribution < -0.4 is 5.32 Å². The highest BCUT2D eigenvalue weighted by molar-refractivity contribution is 8.00. The zero-order chi connectivity index (χ0) is 18.8. The largest absolute Gasteiger partial charge is 0.300 e. The predicted octanol–water partition coefficient (Wildman–Crippen LogP) is 5.19. The second kappa shape index (κ2) is 7.82. The standard InChI is InChI=1S/C21H21N3OS2/c1-13-8-14(2)10-15(9-13)12-26-21-24-23-20(27-21)22-19(25)18-11-17(18)16-6-4-3-5-7-16/h3-10,17-18H,11-12H2,1-2H3,(H,22,23,25)/t17-,18?/m0/s1. The van der Waals surface area contributed by atoms with Crippen LogP contribution in [0.2, 0.25) is 0 Å². The van der Waals surface area contributed by atoms with Crippen molar-refractivity contribution in [2.24, 2.45) is 5.92 Å². The zero-order valence-electron chi connectivity index (χ0n) is 15.3. The van der Waals surface area contributed by atoms with E-state index in [1.165, 1.54) is 33.6 Å². The number of amides is 1. The number of aromatic nitrogens is 2. The van der Waals surface area contributed by atoms with Crippen molar-refractivity contribution in [1.82, 2.24) is 10.2 Å². The minimum Gasteiger partial charge on any atom is -0.300 e. The number of aryl methyl sites for hydroxylation is 2. The van der Waals surface area contributed by atoms with Crippen LogP contribution >= 0.6 is 23.1 Å². The van der Waals surface area contributed by atoms with Crippen LogP contribution in [0, 0.1) is 19.8 Å². The quantitative estimate of drug-likeness (QED) is 0.461. The minimum atomic E-state index is 0.0441. The molecule has 0 bridgehead atoms. The van der Waals surface area contributed by atoms with Crippen LogP contribution in [0.25, 0.3) is 0 Å². The molecule has 0 radical (unpaired) electrons. The Morgan fingerprint density at radius 2 is 1.89 bits per heavy atom. The number of anilines is 1. The summed E-state index contributed by atoms with van der Waals surface area (Å²) in [5.41, 5.74) is 5.06. The molecule has 1 saturated carbocycles. The lowest BCUT2D eigenvalue weighted by Gasteiger charge is -2.03. The van der Waals surface area contributed by atoms with Gasteiger partial charge in [-0.1, -0.05) is 82.8 Å². The van der Waals surface area contributed by atoms with Gasteiger partial charge in [-0.15, -0.1) is 10.2 Å². The van der Waals surface area contributed by atoms with Gasteiger partial charge in [-0.05, 0) is 37.3 Å². The molecule has 1 aliphatic carbocycles. The number of hydrogen-bond acceptors (Lipinski definition) is 5. The lowest BCUT2D eigenvalue weighted by molar-refractivity contribution is -0.117. The van der Waals surface area contributed by atoms with Crippen molar-refractivity contribution in [3.8, 4) is 0 Å². The third-order valence-electron chi connectivity index (χ3n) is 4.64. The lowest BCUT2D eigenvalue weighted by Crippen LogP contribution is -2.14. The first-order chi connectivity index (χ1) is 13.1. The third kappa shape index (κ3) is 4.57. The topological polar surface area (TPSA) is 54.9 Å². The van der Waals surface area contributed by atoms with Crippen LogP contribution in [0.4, 0.5) is 5.13 Å². The normalized spacial score (nSPS) is 18.3. The van der Waals surface area contributed by atoms with Crippen LogP contribution in [-0.4, -0.2) is 16.1 Å². The molecule has 2 atom stereocenters. The molecule has 1 fully saturated rings. The fourth-order valence-electron chi connectivity index (χ4n) is 3.37. The van der Waals surface area contributed by atoms with E-state index in [-0.39, 0.29) is 11.8 Å². The molecule has 4 nitrogen and oxygen atoms in total. The molecule has 1 aromatic heterocycles. The van der Waals surface area contributed by atoms with Gasteiger partial charge in [0, 0.05) is 11.7 Å². The molecule has 1 aliphatic rings. The molecule has 0 spiro atoms. The first kappa shape index (κ1) is 18.2. The second-order valence-corrected chi connectivity index (χ2v) is 9.21. The first-order valence-electron chi connectivity index (χ1n) is 8.98. The highest BCUT2D eigenvalue weighted by Gasteiger charge is 2.44. The van der Waals surface area contributed by atoms with Gasteiger partial charge in [0.05, 0.1) is 0 Å². The van der Waals surface area contributed by atoms with Crippen molar-refractivity contribution < 1.29 is 4.79 Å². The number of carbonyl (C=O) groups excluding carboxylic acids is 1. The van der Waals surface area contributed by atoms with Crippen molar-refractivity contribution >= 4 is 34.1 Å². The summed E-state index contributed by atoms with van der Waals surface area (Å²) in [4.78, 5) is 12.4. The molecular formula is C21H21N3OS2. The predicted molar refractivity (Wildman–Crippen MR) is 111 cm³/mol. The Morgan fingerprint density at radius 3 is 2.63 bits per heavy atom. The summed E-state index contributed by atoms with van der Waals surface area (Å²) < 4.78 is 0.875. The van der Waals surface area contributed by atoms with Crippen molar-refractivity contribution in [2.75, 3.05) is 5.32 Å². The maximum absolute atomic E-state index is 12.4. The van der Waals surface area contributed by atoms with Crippen molar-refractivity contribution in [3.05, 3.63) is 70.8 Å². The zero-order valence-corrected chi connectivity index (χ0v) is 16.9. The Labute approximate surface area is 167 Å². The van der Waals surface area contributed by atoms with Crippen molar-refractivity contribution in [3.63, 3.8) is 0 Å². The summed E-state index contributed by atoms with van der Waals surface area (Å²) in [6.45, 7) is 4.22. The molecule has 1 N–H and O–H groups in total. The molecule has 4 rings (SSSR count). The number of benzene rings is 2. The Morgan fingerprint density at radius 1 is 1.15 bits per heavy atom. The van der Waals surface area contributed by atoms with Crippen LogP contribution in [0.5, 0.6) is 0 Å². The Balaban J connectivity index is 1.31. The summed E-state index contributed by atoms with van der Waals surface area (Å²) in [5.74, 6) is 1.27. The number of nitrogens with one attached hydrogen (secondary N) is 1. The van der Waals surface area contributed by atoms with E-state index in [4.69, 9.17) is 0 Å². The molecular weight excluding hydrogens is 374 g/mol. The van der Waals surface area contributed by atoms with Crippen LogP contribution in [0.3, 0.4) is 0 Å². The Kier molecular flexibility index (Phi) is 5.27. The van der Waals surface area contributed by atoms with E-state index in [1.807, 2.05) is 18.2 Å². The van der Waals surface area contributed by atoms with Gasteiger partial charge in [-0.2, -0.15) is 0 Å². The molecule has 138 valence electrons. The molecule has 3 aromatic rings. The van der Waals surface area contributed by atoms with E-state index < -0.39 is 0 Å². The molecule has 6 heteroatoms. The van der Waals surface area contributed by atoms with Gasteiger partial charge in [-0.25, -0.2) is 0 Å². The Bertz CT molecular complexity index is 935. The van der Waals surface area contributed by atoms with E-state index in [0.29, 0.717) is 11.0 Å². The van der Waals surface area contributed by atoms with Crippen LogP contribution in [-0.2, 0) is 10.5 Å². The second-order valence-electron chi connectivity index (χ2n) is 7.01. The van der Waals surface area contributed by atoms with Crippen LogP contribution in [0.1, 0.15) is 34.6 Å². The van der Waals surface area contributed by atoms with Gasteiger partial charge in [0.25, 0.3) is 0 Å². The van der Waals surface area contributed by atoms with Gasteiger partial charge < -0.3 is 5.32 Å². The highest BCUT2D eigenvalue weighted by Crippen LogP contribution is 2.48. The average molecular weight is 396 g/mol. The van der Waals surface area contributed by atoms with E-state index >= 15 is 0 Å². The van der Waals surface area contributed by atoms with Gasteiger partial charge in [0.15, 0.2) is 4.34 Å². The molecule has 1 amide bonds. The number of carbonyl (C=O) groups is 1. The highest BCUT2D eigenvalue weighted by atomic mass is 32.2. The summed E-state index contributed by atoms with van der Waals surface area (Å²) in [6, 6.07) is 16.8. The van der Waals surface area contributed by atoms with E-state index in [0.717, 1.165) is 16.5 Å². The molecule has 0 saturated heterocycles. The number of hydrogen-bond donors (Lipinski definition) is 1. The lowest BCUT2D eigenvalue weighted by atomic mass is 10.1. The summed E-state index contributed by atoms with van der Waals surface area (Å²) in [5, 5.41) is 11.8. The van der Waals surface area contributed by atoms with Crippen molar-refractivity contribution in [1.29, 1.82) is 0 Å². The number of rotatable bonds is 6. The minimum absolute atomic E-state index is 0.0441. The molecule has 1 unspecified atom stereocenters. The van der Waals surface area contributed by atoms with E-state index in [9.17, 15) is 4.79 Å². The summed E-state index contributed by atoms with van der Waals surface area (Å²) in [6.07, 6.45) is 0.906. The molecule has 0 aliphatic heterocycles. The third-order valence-corrected chi connectivity index (χ3v) is 6.68. The fraction of sp³-hybridized carbons (Fsp3) is 0.286. The number of thioether (sulfide) groups is 1. The van der Waals surface area contributed by atoms with Gasteiger partial charge >= 0.3 is 0 Å². The van der Waals surface area contributed by atoms with Gasteiger partial charge in [-0.3, -0.25) is 4.79 Å². The number of nitrogens with zero attached hydrogens (tertiary/aromatic N) is 2. The monoisotopic (exact) mass is 395 g/mol. The smallest absolute Gasteiger partial charge is 0.229 e. The van der Waals surface area contributed by atoms with Gasteiger partial charge in [0.2, 0.25) is 11.0 Å². The maximum Gasteiger partial charge on any atom is 0.229 e.